The second-order valence-corrected chi connectivity index (χ2v) is 5.32. The summed E-state index contributed by atoms with van der Waals surface area (Å²) in [6, 6.07) is 5.69. The molecule has 0 radical (unpaired) electrons. The zero-order valence-corrected chi connectivity index (χ0v) is 13.0. The van der Waals surface area contributed by atoms with Crippen LogP contribution in [0.15, 0.2) is 18.2 Å². The van der Waals surface area contributed by atoms with Gasteiger partial charge in [-0.05, 0) is 30.0 Å². The molecule has 0 fully saturated rings. The molecule has 120 valence electrons. The van der Waals surface area contributed by atoms with Gasteiger partial charge in [0.15, 0.2) is 0 Å². The summed E-state index contributed by atoms with van der Waals surface area (Å²) < 4.78 is 5.28. The number of amides is 1. The Balaban J connectivity index is 2.53. The molecule has 1 aromatic carbocycles. The maximum Gasteiger partial charge on any atom is 0.322 e. The van der Waals surface area contributed by atoms with E-state index in [2.05, 4.69) is 5.32 Å². The highest BCUT2D eigenvalue weighted by molar-refractivity contribution is 5.84. The van der Waals surface area contributed by atoms with Crippen LogP contribution in [-0.4, -0.2) is 29.5 Å². The molecule has 0 saturated carbocycles. The molecule has 1 aromatic rings. The van der Waals surface area contributed by atoms with Crippen LogP contribution >= 0.6 is 0 Å². The highest BCUT2D eigenvalue weighted by Gasteiger charge is 2.12. The summed E-state index contributed by atoms with van der Waals surface area (Å²) in [4.78, 5) is 33.4. The summed E-state index contributed by atoms with van der Waals surface area (Å²) in [6.45, 7) is 5.47. The first-order valence-corrected chi connectivity index (χ1v) is 7.09. The molecule has 22 heavy (non-hydrogen) atoms. The molecule has 0 spiro atoms. The second-order valence-electron chi connectivity index (χ2n) is 5.32. The highest BCUT2D eigenvalue weighted by Crippen LogP contribution is 2.24. The summed E-state index contributed by atoms with van der Waals surface area (Å²) in [5, 5.41) is 10.6. The van der Waals surface area contributed by atoms with Gasteiger partial charge in [-0.3, -0.25) is 14.4 Å². The van der Waals surface area contributed by atoms with E-state index in [-0.39, 0.29) is 12.8 Å². The molecule has 0 saturated heterocycles. The van der Waals surface area contributed by atoms with E-state index in [0.29, 0.717) is 11.7 Å². The van der Waals surface area contributed by atoms with Crippen LogP contribution in [0.1, 0.15) is 43.7 Å². The monoisotopic (exact) mass is 307 g/mol. The molecule has 2 N–H and O–H groups in total. The SMILES string of the molecule is Cc1ccc(C(C)C)cc1OC(=O)CCC(=O)NCC(=O)O. The largest absolute Gasteiger partial charge is 0.480 e. The lowest BCUT2D eigenvalue weighted by Gasteiger charge is -2.11. The third-order valence-electron chi connectivity index (χ3n) is 3.10. The van der Waals surface area contributed by atoms with E-state index in [4.69, 9.17) is 9.84 Å². The van der Waals surface area contributed by atoms with Crippen molar-refractivity contribution in [3.8, 4) is 5.75 Å². The summed E-state index contributed by atoms with van der Waals surface area (Å²) in [5.74, 6) is -1.33. The Morgan fingerprint density at radius 2 is 1.91 bits per heavy atom. The number of esters is 1. The first-order chi connectivity index (χ1) is 10.3. The Bertz CT molecular complexity index is 566. The molecule has 1 amide bonds. The number of aryl methyl sites for hydroxylation is 1. The van der Waals surface area contributed by atoms with E-state index >= 15 is 0 Å². The Morgan fingerprint density at radius 1 is 1.23 bits per heavy atom. The second kappa shape index (κ2) is 8.17. The molecule has 0 heterocycles. The van der Waals surface area contributed by atoms with Gasteiger partial charge in [0.05, 0.1) is 6.42 Å². The van der Waals surface area contributed by atoms with Gasteiger partial charge in [-0.2, -0.15) is 0 Å². The molecule has 1 rings (SSSR count). The van der Waals surface area contributed by atoms with E-state index in [1.54, 1.807) is 0 Å². The minimum absolute atomic E-state index is 0.100. The number of carboxylic acid groups (broad SMARTS) is 1. The fourth-order valence-electron chi connectivity index (χ4n) is 1.74. The van der Waals surface area contributed by atoms with Crippen LogP contribution in [0.2, 0.25) is 0 Å². The maximum atomic E-state index is 11.8. The van der Waals surface area contributed by atoms with Crippen molar-refractivity contribution in [2.45, 2.75) is 39.5 Å². The van der Waals surface area contributed by atoms with Crippen LogP contribution in [-0.2, 0) is 14.4 Å². The fraction of sp³-hybridized carbons (Fsp3) is 0.438. The van der Waals surface area contributed by atoms with Gasteiger partial charge in [0.25, 0.3) is 0 Å². The molecule has 0 bridgehead atoms. The quantitative estimate of drug-likeness (QED) is 0.594. The number of rotatable bonds is 7. The number of hydrogen-bond acceptors (Lipinski definition) is 4. The first kappa shape index (κ1) is 17.7. The van der Waals surface area contributed by atoms with Crippen LogP contribution in [0.5, 0.6) is 5.75 Å². The molecule has 6 nitrogen and oxygen atoms in total. The van der Waals surface area contributed by atoms with Crippen LogP contribution < -0.4 is 10.1 Å². The Morgan fingerprint density at radius 3 is 2.50 bits per heavy atom. The predicted molar refractivity (Wildman–Crippen MR) is 80.8 cm³/mol. The van der Waals surface area contributed by atoms with Crippen LogP contribution in [0, 0.1) is 6.92 Å². The van der Waals surface area contributed by atoms with E-state index < -0.39 is 24.4 Å². The number of nitrogens with one attached hydrogen (secondary N) is 1. The van der Waals surface area contributed by atoms with Gasteiger partial charge in [0.2, 0.25) is 5.91 Å². The van der Waals surface area contributed by atoms with Crippen molar-refractivity contribution in [2.24, 2.45) is 0 Å². The average Bonchev–Trinajstić information content (AvgIpc) is 2.45. The van der Waals surface area contributed by atoms with Crippen LogP contribution in [0.3, 0.4) is 0 Å². The molecule has 6 heteroatoms. The average molecular weight is 307 g/mol. The van der Waals surface area contributed by atoms with Crippen molar-refractivity contribution < 1.29 is 24.2 Å². The summed E-state index contributed by atoms with van der Waals surface area (Å²) in [7, 11) is 0. The normalized spacial score (nSPS) is 10.4. The summed E-state index contributed by atoms with van der Waals surface area (Å²) in [6.07, 6.45) is -0.203. The zero-order chi connectivity index (χ0) is 16.7. The Hall–Kier alpha value is -2.37. The van der Waals surface area contributed by atoms with Crippen molar-refractivity contribution in [3.63, 3.8) is 0 Å². The van der Waals surface area contributed by atoms with Crippen molar-refractivity contribution in [1.29, 1.82) is 0 Å². The lowest BCUT2D eigenvalue weighted by Crippen LogP contribution is -2.29. The predicted octanol–water partition coefficient (Wildman–Crippen LogP) is 2.00. The number of hydrogen-bond donors (Lipinski definition) is 2. The van der Waals surface area contributed by atoms with Crippen molar-refractivity contribution in [2.75, 3.05) is 6.54 Å². The van der Waals surface area contributed by atoms with Crippen molar-refractivity contribution >= 4 is 17.8 Å². The van der Waals surface area contributed by atoms with Crippen LogP contribution in [0.4, 0.5) is 0 Å². The lowest BCUT2D eigenvalue weighted by molar-refractivity contribution is -0.138. The van der Waals surface area contributed by atoms with Gasteiger partial charge in [-0.1, -0.05) is 26.0 Å². The summed E-state index contributed by atoms with van der Waals surface area (Å²) >= 11 is 0. The molecular formula is C16H21NO5. The molecule has 0 atom stereocenters. The van der Waals surface area contributed by atoms with Gasteiger partial charge in [0.1, 0.15) is 12.3 Å². The van der Waals surface area contributed by atoms with E-state index in [1.165, 1.54) is 0 Å². The molecule has 0 aliphatic rings. The fourth-order valence-corrected chi connectivity index (χ4v) is 1.74. The van der Waals surface area contributed by atoms with Crippen molar-refractivity contribution in [3.05, 3.63) is 29.3 Å². The number of carbonyl (C=O) groups is 3. The summed E-state index contributed by atoms with van der Waals surface area (Å²) in [5.41, 5.74) is 1.90. The lowest BCUT2D eigenvalue weighted by atomic mass is 10.0. The Labute approximate surface area is 129 Å². The minimum atomic E-state index is -1.13. The van der Waals surface area contributed by atoms with Gasteiger partial charge >= 0.3 is 11.9 Å². The first-order valence-electron chi connectivity index (χ1n) is 7.09. The van der Waals surface area contributed by atoms with E-state index in [0.717, 1.165) is 11.1 Å². The third-order valence-corrected chi connectivity index (χ3v) is 3.10. The number of benzene rings is 1. The van der Waals surface area contributed by atoms with Gasteiger partial charge in [-0.25, -0.2) is 0 Å². The highest BCUT2D eigenvalue weighted by atomic mass is 16.5. The number of ether oxygens (including phenoxy) is 1. The van der Waals surface area contributed by atoms with Crippen LogP contribution in [0.25, 0.3) is 0 Å². The van der Waals surface area contributed by atoms with Gasteiger partial charge in [0, 0.05) is 6.42 Å². The molecule has 0 aliphatic heterocycles. The topological polar surface area (TPSA) is 92.7 Å². The Kier molecular flexibility index (Phi) is 6.56. The zero-order valence-electron chi connectivity index (χ0n) is 13.0. The molecule has 0 unspecified atom stereocenters. The van der Waals surface area contributed by atoms with Gasteiger partial charge in [-0.15, -0.1) is 0 Å². The molecule has 0 aliphatic carbocycles. The van der Waals surface area contributed by atoms with Crippen molar-refractivity contribution in [1.82, 2.24) is 5.32 Å². The third kappa shape index (κ3) is 5.95. The maximum absolute atomic E-state index is 11.8. The standard InChI is InChI=1S/C16H21NO5/c1-10(2)12-5-4-11(3)13(8-12)22-16(21)7-6-14(18)17-9-15(19)20/h4-5,8,10H,6-7,9H2,1-3H3,(H,17,18)(H,19,20). The molecule has 0 aromatic heterocycles. The molecular weight excluding hydrogens is 286 g/mol. The number of carboxylic acids is 1. The van der Waals surface area contributed by atoms with E-state index in [9.17, 15) is 14.4 Å². The van der Waals surface area contributed by atoms with Gasteiger partial charge < -0.3 is 15.2 Å². The van der Waals surface area contributed by atoms with E-state index in [1.807, 2.05) is 39.0 Å². The smallest absolute Gasteiger partial charge is 0.322 e. The number of aliphatic carboxylic acids is 1. The number of carbonyl (C=O) groups excluding carboxylic acids is 2. The minimum Gasteiger partial charge on any atom is -0.480 e.